The third-order valence-corrected chi connectivity index (χ3v) is 3.98. The van der Waals surface area contributed by atoms with Crippen LogP contribution in [0.4, 0.5) is 5.69 Å². The van der Waals surface area contributed by atoms with Gasteiger partial charge >= 0.3 is 5.97 Å². The summed E-state index contributed by atoms with van der Waals surface area (Å²) >= 11 is 5.85. The van der Waals surface area contributed by atoms with Crippen LogP contribution in [0.25, 0.3) is 0 Å². The van der Waals surface area contributed by atoms with Gasteiger partial charge < -0.3 is 9.47 Å². The van der Waals surface area contributed by atoms with Crippen LogP contribution in [-0.2, 0) is 14.3 Å². The van der Waals surface area contributed by atoms with Crippen molar-refractivity contribution in [1.82, 2.24) is 0 Å². The number of ketones is 1. The Labute approximate surface area is 145 Å². The summed E-state index contributed by atoms with van der Waals surface area (Å²) in [4.78, 5) is 37.8. The monoisotopic (exact) mass is 353 g/mol. The SMILES string of the molecule is COC(=O)CN1C(=O)C(C(C)C)Oc2ccc(C(=O)C(C)Cl)cc21. The van der Waals surface area contributed by atoms with E-state index in [1.165, 1.54) is 18.1 Å². The van der Waals surface area contributed by atoms with Crippen molar-refractivity contribution < 1.29 is 23.9 Å². The van der Waals surface area contributed by atoms with Crippen molar-refractivity contribution in [1.29, 1.82) is 0 Å². The van der Waals surface area contributed by atoms with Gasteiger partial charge in [-0.1, -0.05) is 13.8 Å². The van der Waals surface area contributed by atoms with Crippen LogP contribution in [0.15, 0.2) is 18.2 Å². The van der Waals surface area contributed by atoms with Gasteiger partial charge in [-0.3, -0.25) is 19.3 Å². The summed E-state index contributed by atoms with van der Waals surface area (Å²) in [7, 11) is 1.25. The quantitative estimate of drug-likeness (QED) is 0.462. The second-order valence-corrected chi connectivity index (χ2v) is 6.60. The average molecular weight is 354 g/mol. The lowest BCUT2D eigenvalue weighted by molar-refractivity contribution is -0.141. The lowest BCUT2D eigenvalue weighted by atomic mass is 10.0. The van der Waals surface area contributed by atoms with E-state index in [0.717, 1.165) is 0 Å². The van der Waals surface area contributed by atoms with Crippen molar-refractivity contribution in [3.63, 3.8) is 0 Å². The first-order valence-electron chi connectivity index (χ1n) is 7.63. The van der Waals surface area contributed by atoms with Crippen LogP contribution >= 0.6 is 11.6 Å². The smallest absolute Gasteiger partial charge is 0.325 e. The molecule has 0 N–H and O–H groups in total. The lowest BCUT2D eigenvalue weighted by Gasteiger charge is -2.35. The first kappa shape index (κ1) is 18.3. The Morgan fingerprint density at radius 3 is 2.54 bits per heavy atom. The van der Waals surface area contributed by atoms with Gasteiger partial charge in [0.05, 0.1) is 18.2 Å². The minimum absolute atomic E-state index is 0.0741. The van der Waals surface area contributed by atoms with E-state index >= 15 is 0 Å². The maximum absolute atomic E-state index is 12.7. The highest BCUT2D eigenvalue weighted by atomic mass is 35.5. The van der Waals surface area contributed by atoms with Crippen LogP contribution in [-0.4, -0.2) is 42.8 Å². The largest absolute Gasteiger partial charge is 0.478 e. The zero-order valence-corrected chi connectivity index (χ0v) is 14.8. The summed E-state index contributed by atoms with van der Waals surface area (Å²) in [5.74, 6) is -0.797. The number of esters is 1. The number of nitrogens with zero attached hydrogens (tertiary/aromatic N) is 1. The van der Waals surface area contributed by atoms with Crippen LogP contribution < -0.4 is 9.64 Å². The lowest BCUT2D eigenvalue weighted by Crippen LogP contribution is -2.50. The molecule has 0 bridgehead atoms. The standard InChI is InChI=1S/C17H20ClNO5/c1-9(2)16-17(22)19(8-14(20)23-4)12-7-11(15(21)10(3)18)5-6-13(12)24-16/h5-7,9-10,16H,8H2,1-4H3. The molecule has 2 unspecified atom stereocenters. The number of carbonyl (C=O) groups excluding carboxylic acids is 3. The van der Waals surface area contributed by atoms with Crippen molar-refractivity contribution in [3.8, 4) is 5.75 Å². The Kier molecular flexibility index (Phi) is 5.49. The topological polar surface area (TPSA) is 72.9 Å². The molecule has 1 aliphatic rings. The van der Waals surface area contributed by atoms with Crippen LogP contribution in [0, 0.1) is 5.92 Å². The predicted molar refractivity (Wildman–Crippen MR) is 89.7 cm³/mol. The van der Waals surface area contributed by atoms with E-state index in [2.05, 4.69) is 4.74 Å². The molecular formula is C17H20ClNO5. The molecule has 0 spiro atoms. The first-order valence-corrected chi connectivity index (χ1v) is 8.07. The summed E-state index contributed by atoms with van der Waals surface area (Å²) in [6, 6.07) is 4.74. The highest BCUT2D eigenvalue weighted by molar-refractivity contribution is 6.33. The van der Waals surface area contributed by atoms with Gasteiger partial charge in [0.1, 0.15) is 12.3 Å². The molecule has 1 heterocycles. The van der Waals surface area contributed by atoms with Crippen molar-refractivity contribution in [2.24, 2.45) is 5.92 Å². The Bertz CT molecular complexity index is 671. The fourth-order valence-corrected chi connectivity index (χ4v) is 2.57. The molecule has 1 amide bonds. The van der Waals surface area contributed by atoms with Gasteiger partial charge in [0, 0.05) is 5.56 Å². The van der Waals surface area contributed by atoms with Gasteiger partial charge in [-0.15, -0.1) is 11.6 Å². The van der Waals surface area contributed by atoms with Crippen molar-refractivity contribution in [2.75, 3.05) is 18.6 Å². The third kappa shape index (κ3) is 3.53. The third-order valence-electron chi connectivity index (χ3n) is 3.78. The van der Waals surface area contributed by atoms with Gasteiger partial charge in [-0.25, -0.2) is 0 Å². The average Bonchev–Trinajstić information content (AvgIpc) is 2.55. The number of fused-ring (bicyclic) bond motifs is 1. The number of rotatable bonds is 5. The van der Waals surface area contributed by atoms with Crippen molar-refractivity contribution in [3.05, 3.63) is 23.8 Å². The molecule has 0 saturated carbocycles. The van der Waals surface area contributed by atoms with Crippen LogP contribution in [0.2, 0.25) is 0 Å². The molecule has 0 aliphatic carbocycles. The number of hydrogen-bond acceptors (Lipinski definition) is 5. The summed E-state index contributed by atoms with van der Waals surface area (Å²) in [6.07, 6.45) is -0.698. The zero-order valence-electron chi connectivity index (χ0n) is 14.0. The molecule has 2 rings (SSSR count). The van der Waals surface area contributed by atoms with Crippen LogP contribution in [0.5, 0.6) is 5.75 Å². The number of halogens is 1. The summed E-state index contributed by atoms with van der Waals surface area (Å²) < 4.78 is 10.4. The first-order chi connectivity index (χ1) is 11.3. The highest BCUT2D eigenvalue weighted by Crippen LogP contribution is 2.36. The molecular weight excluding hydrogens is 334 g/mol. The van der Waals surface area contributed by atoms with E-state index in [1.807, 2.05) is 13.8 Å². The molecule has 0 radical (unpaired) electrons. The molecule has 1 aromatic carbocycles. The number of ether oxygens (including phenoxy) is 2. The number of carbonyl (C=O) groups is 3. The van der Waals surface area contributed by atoms with Gasteiger partial charge in [0.25, 0.3) is 5.91 Å². The highest BCUT2D eigenvalue weighted by Gasteiger charge is 2.37. The number of anilines is 1. The van der Waals surface area contributed by atoms with Gasteiger partial charge in [-0.05, 0) is 31.0 Å². The number of Topliss-reactive ketones (excluding diaryl/α,β-unsaturated/α-hetero) is 1. The fourth-order valence-electron chi connectivity index (χ4n) is 2.45. The molecule has 130 valence electrons. The van der Waals surface area contributed by atoms with Crippen molar-refractivity contribution >= 4 is 34.9 Å². The molecule has 7 heteroatoms. The van der Waals surface area contributed by atoms with Crippen molar-refractivity contribution in [2.45, 2.75) is 32.3 Å². The van der Waals surface area contributed by atoms with E-state index < -0.39 is 17.5 Å². The maximum atomic E-state index is 12.7. The Hall–Kier alpha value is -2.08. The Balaban J connectivity index is 2.49. The number of methoxy groups -OCH3 is 1. The zero-order chi connectivity index (χ0) is 18.0. The minimum atomic E-state index is -0.698. The van der Waals surface area contributed by atoms with E-state index in [9.17, 15) is 14.4 Å². The summed E-state index contributed by atoms with van der Waals surface area (Å²) in [6.45, 7) is 5.04. The summed E-state index contributed by atoms with van der Waals surface area (Å²) in [5.41, 5.74) is 0.718. The second kappa shape index (κ2) is 7.21. The second-order valence-electron chi connectivity index (χ2n) is 5.95. The number of amides is 1. The molecule has 0 fully saturated rings. The molecule has 0 saturated heterocycles. The van der Waals surface area contributed by atoms with E-state index in [-0.39, 0.29) is 24.2 Å². The van der Waals surface area contributed by atoms with E-state index in [4.69, 9.17) is 16.3 Å². The minimum Gasteiger partial charge on any atom is -0.478 e. The Morgan fingerprint density at radius 2 is 2.00 bits per heavy atom. The molecule has 1 aliphatic heterocycles. The predicted octanol–water partition coefficient (Wildman–Crippen LogP) is 2.42. The van der Waals surface area contributed by atoms with Crippen LogP contribution in [0.1, 0.15) is 31.1 Å². The molecule has 2 atom stereocenters. The van der Waals surface area contributed by atoms with E-state index in [1.54, 1.807) is 19.1 Å². The fraction of sp³-hybridized carbons (Fsp3) is 0.471. The normalized spacial score (nSPS) is 18.0. The molecule has 1 aromatic rings. The number of benzene rings is 1. The maximum Gasteiger partial charge on any atom is 0.325 e. The van der Waals surface area contributed by atoms with Crippen LogP contribution in [0.3, 0.4) is 0 Å². The Morgan fingerprint density at radius 1 is 1.33 bits per heavy atom. The van der Waals surface area contributed by atoms with Gasteiger partial charge in [0.2, 0.25) is 0 Å². The number of hydrogen-bond donors (Lipinski definition) is 0. The molecule has 6 nitrogen and oxygen atoms in total. The molecule has 0 aromatic heterocycles. The molecule has 24 heavy (non-hydrogen) atoms. The summed E-state index contributed by atoms with van der Waals surface area (Å²) in [5, 5.41) is -0.694. The van der Waals surface area contributed by atoms with Gasteiger partial charge in [0.15, 0.2) is 11.9 Å². The van der Waals surface area contributed by atoms with Gasteiger partial charge in [-0.2, -0.15) is 0 Å². The number of alkyl halides is 1. The van der Waals surface area contributed by atoms with E-state index in [0.29, 0.717) is 17.0 Å².